The maximum absolute atomic E-state index is 11.4. The number of amides is 1. The molecular formula is C15H26N2O. The van der Waals surface area contributed by atoms with Crippen LogP contribution in [0.15, 0.2) is 11.6 Å². The normalized spacial score (nSPS) is 27.8. The Morgan fingerprint density at radius 2 is 2.17 bits per heavy atom. The van der Waals surface area contributed by atoms with Crippen molar-refractivity contribution < 1.29 is 4.79 Å². The van der Waals surface area contributed by atoms with Gasteiger partial charge in [0.25, 0.3) is 0 Å². The number of carbonyl (C=O) groups is 1. The van der Waals surface area contributed by atoms with Gasteiger partial charge < -0.3 is 10.6 Å². The molecule has 1 amide bonds. The van der Waals surface area contributed by atoms with Crippen LogP contribution in [0.5, 0.6) is 0 Å². The molecule has 0 aliphatic heterocycles. The molecule has 1 saturated carbocycles. The smallest absolute Gasteiger partial charge is 0.223 e. The van der Waals surface area contributed by atoms with Crippen molar-refractivity contribution >= 4 is 5.91 Å². The summed E-state index contributed by atoms with van der Waals surface area (Å²) in [5, 5.41) is 6.46. The minimum absolute atomic E-state index is 0.252. The Morgan fingerprint density at radius 3 is 2.83 bits per heavy atom. The van der Waals surface area contributed by atoms with Crippen LogP contribution in [-0.2, 0) is 4.79 Å². The van der Waals surface area contributed by atoms with E-state index in [2.05, 4.69) is 30.6 Å². The second-order valence-electron chi connectivity index (χ2n) is 6.07. The Bertz CT molecular complexity index is 320. The molecule has 0 spiro atoms. The third kappa shape index (κ3) is 4.45. The van der Waals surface area contributed by atoms with Crippen LogP contribution in [0.1, 0.15) is 39.5 Å². The Balaban J connectivity index is 1.52. The van der Waals surface area contributed by atoms with E-state index in [4.69, 9.17) is 0 Å². The van der Waals surface area contributed by atoms with Crippen LogP contribution >= 0.6 is 0 Å². The minimum atomic E-state index is 0.252. The van der Waals surface area contributed by atoms with E-state index in [1.807, 2.05) is 0 Å². The standard InChI is InChI=1S/C15H26N2O/c1-11-7-12(2)9-13(8-11)10-16-5-6-17-15(18)14-3-4-14/h7,11,13-14,16H,3-6,8-10H2,1-2H3,(H,17,18). The topological polar surface area (TPSA) is 41.1 Å². The lowest BCUT2D eigenvalue weighted by Gasteiger charge is -2.25. The Labute approximate surface area is 110 Å². The first-order chi connectivity index (χ1) is 8.65. The van der Waals surface area contributed by atoms with Gasteiger partial charge in [0.1, 0.15) is 0 Å². The number of nitrogens with one attached hydrogen (secondary N) is 2. The van der Waals surface area contributed by atoms with Crippen LogP contribution < -0.4 is 10.6 Å². The van der Waals surface area contributed by atoms with Crippen LogP contribution in [0.25, 0.3) is 0 Å². The molecule has 18 heavy (non-hydrogen) atoms. The monoisotopic (exact) mass is 250 g/mol. The predicted molar refractivity (Wildman–Crippen MR) is 74.2 cm³/mol. The van der Waals surface area contributed by atoms with E-state index in [1.165, 1.54) is 18.4 Å². The minimum Gasteiger partial charge on any atom is -0.355 e. The van der Waals surface area contributed by atoms with Crippen molar-refractivity contribution in [3.05, 3.63) is 11.6 Å². The van der Waals surface area contributed by atoms with Crippen LogP contribution in [0.2, 0.25) is 0 Å². The van der Waals surface area contributed by atoms with Gasteiger partial charge in [0, 0.05) is 19.0 Å². The summed E-state index contributed by atoms with van der Waals surface area (Å²) in [6, 6.07) is 0. The molecule has 1 fully saturated rings. The van der Waals surface area contributed by atoms with E-state index in [1.54, 1.807) is 0 Å². The number of carbonyl (C=O) groups excluding carboxylic acids is 1. The van der Waals surface area contributed by atoms with Gasteiger partial charge in [-0.2, -0.15) is 0 Å². The molecule has 0 saturated heterocycles. The largest absolute Gasteiger partial charge is 0.355 e. The van der Waals surface area contributed by atoms with E-state index in [9.17, 15) is 4.79 Å². The van der Waals surface area contributed by atoms with Crippen molar-refractivity contribution in [1.82, 2.24) is 10.6 Å². The SMILES string of the molecule is CC1=CC(C)CC(CNCCNC(=O)C2CC2)C1. The van der Waals surface area contributed by atoms with Crippen molar-refractivity contribution in [1.29, 1.82) is 0 Å². The quantitative estimate of drug-likeness (QED) is 0.560. The molecule has 0 bridgehead atoms. The number of rotatable bonds is 6. The van der Waals surface area contributed by atoms with Gasteiger partial charge in [-0.05, 0) is 51.0 Å². The van der Waals surface area contributed by atoms with E-state index in [-0.39, 0.29) is 5.91 Å². The summed E-state index contributed by atoms with van der Waals surface area (Å²) in [4.78, 5) is 11.4. The third-order valence-electron chi connectivity index (χ3n) is 3.87. The van der Waals surface area contributed by atoms with Gasteiger partial charge in [-0.25, -0.2) is 0 Å². The van der Waals surface area contributed by atoms with Gasteiger partial charge in [-0.1, -0.05) is 18.6 Å². The fourth-order valence-corrected chi connectivity index (χ4v) is 2.91. The summed E-state index contributed by atoms with van der Waals surface area (Å²) in [5.74, 6) is 2.07. The second kappa shape index (κ2) is 6.37. The highest BCUT2D eigenvalue weighted by Gasteiger charge is 2.28. The Hall–Kier alpha value is -0.830. The molecular weight excluding hydrogens is 224 g/mol. The summed E-state index contributed by atoms with van der Waals surface area (Å²) < 4.78 is 0. The number of hydrogen-bond acceptors (Lipinski definition) is 2. The highest BCUT2D eigenvalue weighted by molar-refractivity contribution is 5.80. The Kier molecular flexibility index (Phi) is 4.81. The molecule has 102 valence electrons. The van der Waals surface area contributed by atoms with Crippen LogP contribution in [0, 0.1) is 17.8 Å². The van der Waals surface area contributed by atoms with Gasteiger partial charge in [0.15, 0.2) is 0 Å². The van der Waals surface area contributed by atoms with E-state index >= 15 is 0 Å². The molecule has 2 atom stereocenters. The highest BCUT2D eigenvalue weighted by atomic mass is 16.2. The lowest BCUT2D eigenvalue weighted by molar-refractivity contribution is -0.122. The summed E-state index contributed by atoms with van der Waals surface area (Å²) >= 11 is 0. The summed E-state index contributed by atoms with van der Waals surface area (Å²) in [5.41, 5.74) is 1.53. The van der Waals surface area contributed by atoms with Crippen LogP contribution in [-0.4, -0.2) is 25.5 Å². The van der Waals surface area contributed by atoms with E-state index in [0.29, 0.717) is 5.92 Å². The summed E-state index contributed by atoms with van der Waals surface area (Å²) in [6.45, 7) is 7.28. The van der Waals surface area contributed by atoms with Gasteiger partial charge in [-0.15, -0.1) is 0 Å². The number of allylic oxidation sites excluding steroid dienone is 2. The van der Waals surface area contributed by atoms with Crippen molar-refractivity contribution in [2.45, 2.75) is 39.5 Å². The zero-order valence-corrected chi connectivity index (χ0v) is 11.7. The average molecular weight is 250 g/mol. The van der Waals surface area contributed by atoms with Crippen molar-refractivity contribution in [3.63, 3.8) is 0 Å². The van der Waals surface area contributed by atoms with Gasteiger partial charge in [0.2, 0.25) is 5.91 Å². The highest BCUT2D eigenvalue weighted by Crippen LogP contribution is 2.28. The molecule has 2 unspecified atom stereocenters. The summed E-state index contributed by atoms with van der Waals surface area (Å²) in [6.07, 6.45) is 7.09. The molecule has 0 radical (unpaired) electrons. The zero-order valence-electron chi connectivity index (χ0n) is 11.7. The third-order valence-corrected chi connectivity index (χ3v) is 3.87. The van der Waals surface area contributed by atoms with E-state index in [0.717, 1.165) is 44.3 Å². The molecule has 2 N–H and O–H groups in total. The molecule has 0 aromatic rings. The first-order valence-electron chi connectivity index (χ1n) is 7.31. The maximum Gasteiger partial charge on any atom is 0.223 e. The summed E-state index contributed by atoms with van der Waals surface area (Å²) in [7, 11) is 0. The average Bonchev–Trinajstić information content (AvgIpc) is 3.10. The van der Waals surface area contributed by atoms with Gasteiger partial charge in [-0.3, -0.25) is 4.79 Å². The molecule has 0 aromatic heterocycles. The van der Waals surface area contributed by atoms with Crippen LogP contribution in [0.4, 0.5) is 0 Å². The molecule has 0 aromatic carbocycles. The second-order valence-corrected chi connectivity index (χ2v) is 6.07. The van der Waals surface area contributed by atoms with Gasteiger partial charge >= 0.3 is 0 Å². The molecule has 2 aliphatic carbocycles. The zero-order chi connectivity index (χ0) is 13.0. The molecule has 2 aliphatic rings. The van der Waals surface area contributed by atoms with E-state index < -0.39 is 0 Å². The fraction of sp³-hybridized carbons (Fsp3) is 0.800. The molecule has 0 heterocycles. The Morgan fingerprint density at radius 1 is 1.39 bits per heavy atom. The van der Waals surface area contributed by atoms with Crippen molar-refractivity contribution in [3.8, 4) is 0 Å². The van der Waals surface area contributed by atoms with Gasteiger partial charge in [0.05, 0.1) is 0 Å². The molecule has 3 heteroatoms. The maximum atomic E-state index is 11.4. The number of hydrogen-bond donors (Lipinski definition) is 2. The van der Waals surface area contributed by atoms with Crippen molar-refractivity contribution in [2.24, 2.45) is 17.8 Å². The first-order valence-corrected chi connectivity index (χ1v) is 7.31. The molecule has 3 nitrogen and oxygen atoms in total. The first kappa shape index (κ1) is 13.6. The lowest BCUT2D eigenvalue weighted by Crippen LogP contribution is -2.35. The fourth-order valence-electron chi connectivity index (χ4n) is 2.91. The van der Waals surface area contributed by atoms with Crippen molar-refractivity contribution in [2.75, 3.05) is 19.6 Å². The predicted octanol–water partition coefficient (Wildman–Crippen LogP) is 2.09. The lowest BCUT2D eigenvalue weighted by atomic mass is 9.84. The molecule has 2 rings (SSSR count). The van der Waals surface area contributed by atoms with Crippen LogP contribution in [0.3, 0.4) is 0 Å².